The molecule has 1 aliphatic heterocycles. The number of hydrogen-bond donors (Lipinski definition) is 1. The number of nitrogens with zero attached hydrogens (tertiary/aromatic N) is 1. The number of pyridine rings is 2. The number of fused-ring (bicyclic) bond motifs is 1. The predicted octanol–water partition coefficient (Wildman–Crippen LogP) is 4.43. The number of nitrogens with one attached hydrogen (secondary N) is 1. The molecule has 0 aliphatic carbocycles. The van der Waals surface area contributed by atoms with Crippen LogP contribution in [-0.2, 0) is 14.6 Å². The third-order valence-corrected chi connectivity index (χ3v) is 7.71. The molecule has 0 amide bonds. The van der Waals surface area contributed by atoms with Crippen LogP contribution < -0.4 is 10.2 Å². The second-order valence-electron chi connectivity index (χ2n) is 8.84. The van der Waals surface area contributed by atoms with Gasteiger partial charge in [-0.3, -0.25) is 4.79 Å². The summed E-state index contributed by atoms with van der Waals surface area (Å²) in [6.07, 6.45) is -4.36. The van der Waals surface area contributed by atoms with Gasteiger partial charge in [-0.05, 0) is 19.1 Å². The number of hydrogen-bond acceptors (Lipinski definition) is 6. The van der Waals surface area contributed by atoms with Crippen molar-refractivity contribution in [2.45, 2.75) is 42.7 Å². The fraction of sp³-hybridized carbons (Fsp3) is 0.391. The number of halogens is 5. The molecule has 1 N–H and O–H groups in total. The standard InChI is InChI=1S/C23H21F5N2O5S/c1-10-16(11-5-6-12(24)18(25)19(11)34-3)20(35-22(10,2)23(26,27)28)14-9-15(31)17-13(30-14)7-8-29-21(17)36(4,32)33/h5-10,16,20H,1-4H3,(H,30,31)/t10-,16-,20-,22+/m0/s1. The third kappa shape index (κ3) is 3.94. The van der Waals surface area contributed by atoms with E-state index < -0.39 is 67.4 Å². The van der Waals surface area contributed by atoms with Crippen LogP contribution >= 0.6 is 0 Å². The molecule has 4 rings (SSSR count). The molecule has 1 fully saturated rings. The Hall–Kier alpha value is -3.06. The van der Waals surface area contributed by atoms with Gasteiger partial charge in [0.2, 0.25) is 5.82 Å². The van der Waals surface area contributed by atoms with Crippen molar-refractivity contribution in [3.05, 3.63) is 63.6 Å². The summed E-state index contributed by atoms with van der Waals surface area (Å²) >= 11 is 0. The van der Waals surface area contributed by atoms with Crippen molar-refractivity contribution < 1.29 is 39.8 Å². The fourth-order valence-electron chi connectivity index (χ4n) is 4.70. The summed E-state index contributed by atoms with van der Waals surface area (Å²) in [6, 6.07) is 4.11. The average molecular weight is 532 g/mol. The Labute approximate surface area is 202 Å². The normalized spacial score (nSPS) is 24.9. The first kappa shape index (κ1) is 26.0. The summed E-state index contributed by atoms with van der Waals surface area (Å²) in [5.41, 5.74) is -3.76. The summed E-state index contributed by atoms with van der Waals surface area (Å²) in [7, 11) is -2.85. The first-order valence-electron chi connectivity index (χ1n) is 10.6. The molecule has 0 spiro atoms. The van der Waals surface area contributed by atoms with Gasteiger partial charge < -0.3 is 14.5 Å². The van der Waals surface area contributed by atoms with Crippen molar-refractivity contribution in [1.82, 2.24) is 9.97 Å². The second kappa shape index (κ2) is 8.51. The molecule has 4 atom stereocenters. The molecule has 0 saturated carbocycles. The Kier molecular flexibility index (Phi) is 6.15. The van der Waals surface area contributed by atoms with E-state index in [1.807, 2.05) is 0 Å². The largest absolute Gasteiger partial charge is 0.493 e. The third-order valence-electron chi connectivity index (χ3n) is 6.70. The highest BCUT2D eigenvalue weighted by Crippen LogP contribution is 2.59. The Bertz CT molecular complexity index is 1520. The number of aromatic amines is 1. The molecule has 13 heteroatoms. The number of rotatable bonds is 4. The molecule has 0 unspecified atom stereocenters. The van der Waals surface area contributed by atoms with Crippen molar-refractivity contribution in [3.8, 4) is 5.75 Å². The lowest BCUT2D eigenvalue weighted by Crippen LogP contribution is -2.46. The van der Waals surface area contributed by atoms with E-state index in [9.17, 15) is 35.2 Å². The topological polar surface area (TPSA) is 98.4 Å². The maximum absolute atomic E-state index is 14.5. The van der Waals surface area contributed by atoms with Crippen molar-refractivity contribution >= 4 is 20.7 Å². The van der Waals surface area contributed by atoms with Crippen LogP contribution in [0.25, 0.3) is 10.9 Å². The second-order valence-corrected chi connectivity index (χ2v) is 10.8. The lowest BCUT2D eigenvalue weighted by atomic mass is 9.76. The average Bonchev–Trinajstić information content (AvgIpc) is 3.06. The molecule has 0 bridgehead atoms. The molecular formula is C23H21F5N2O5S. The van der Waals surface area contributed by atoms with Crippen LogP contribution in [0.1, 0.15) is 37.1 Å². The van der Waals surface area contributed by atoms with Gasteiger partial charge in [0, 0.05) is 41.6 Å². The monoisotopic (exact) mass is 532 g/mol. The van der Waals surface area contributed by atoms with Gasteiger partial charge in [0.1, 0.15) is 6.10 Å². The zero-order chi connectivity index (χ0) is 26.8. The minimum Gasteiger partial charge on any atom is -0.493 e. The van der Waals surface area contributed by atoms with E-state index in [0.29, 0.717) is 0 Å². The van der Waals surface area contributed by atoms with Crippen LogP contribution in [0.5, 0.6) is 5.75 Å². The number of ether oxygens (including phenoxy) is 2. The SMILES string of the molecule is COc1c([C@H]2[C@H](c3cc(=O)c4c(S(C)(=O)=O)nccc4[nH]3)O[C@@](C)(C(F)(F)F)[C@H]2C)ccc(F)c1F. The molecule has 0 radical (unpaired) electrons. The number of sulfone groups is 1. The molecule has 1 aromatic carbocycles. The van der Waals surface area contributed by atoms with Crippen LogP contribution in [0.15, 0.2) is 40.3 Å². The van der Waals surface area contributed by atoms with Crippen LogP contribution in [0.4, 0.5) is 22.0 Å². The minimum absolute atomic E-state index is 0.000733. The number of methoxy groups -OCH3 is 1. The fourth-order valence-corrected chi connectivity index (χ4v) is 5.54. The van der Waals surface area contributed by atoms with Crippen molar-refractivity contribution in [2.24, 2.45) is 5.92 Å². The molecule has 36 heavy (non-hydrogen) atoms. The zero-order valence-electron chi connectivity index (χ0n) is 19.4. The molecule has 7 nitrogen and oxygen atoms in total. The summed E-state index contributed by atoms with van der Waals surface area (Å²) in [5.74, 6) is -5.80. The molecule has 3 aromatic rings. The minimum atomic E-state index is -4.87. The smallest absolute Gasteiger partial charge is 0.417 e. The van der Waals surface area contributed by atoms with Gasteiger partial charge in [-0.25, -0.2) is 17.8 Å². The highest BCUT2D eigenvalue weighted by atomic mass is 32.2. The van der Waals surface area contributed by atoms with Crippen molar-refractivity contribution in [3.63, 3.8) is 0 Å². The van der Waals surface area contributed by atoms with Crippen LogP contribution in [-0.4, -0.2) is 43.5 Å². The Morgan fingerprint density at radius 3 is 2.44 bits per heavy atom. The summed E-state index contributed by atoms with van der Waals surface area (Å²) in [4.78, 5) is 19.5. The van der Waals surface area contributed by atoms with E-state index in [4.69, 9.17) is 9.47 Å². The lowest BCUT2D eigenvalue weighted by Gasteiger charge is -2.32. The van der Waals surface area contributed by atoms with Gasteiger partial charge >= 0.3 is 6.18 Å². The molecule has 3 heterocycles. The highest BCUT2D eigenvalue weighted by molar-refractivity contribution is 7.90. The van der Waals surface area contributed by atoms with Gasteiger partial charge in [-0.2, -0.15) is 17.6 Å². The molecular weight excluding hydrogens is 511 g/mol. The van der Waals surface area contributed by atoms with Crippen LogP contribution in [0, 0.1) is 17.6 Å². The molecule has 194 valence electrons. The van der Waals surface area contributed by atoms with E-state index in [0.717, 1.165) is 44.7 Å². The first-order chi connectivity index (χ1) is 16.6. The van der Waals surface area contributed by atoms with Gasteiger partial charge in [0.05, 0.1) is 18.0 Å². The molecule has 1 saturated heterocycles. The Morgan fingerprint density at radius 1 is 1.19 bits per heavy atom. The number of alkyl halides is 3. The van der Waals surface area contributed by atoms with E-state index in [2.05, 4.69) is 9.97 Å². The van der Waals surface area contributed by atoms with E-state index in [1.165, 1.54) is 13.0 Å². The summed E-state index contributed by atoms with van der Waals surface area (Å²) in [6.45, 7) is 2.09. The van der Waals surface area contributed by atoms with Crippen molar-refractivity contribution in [2.75, 3.05) is 13.4 Å². The van der Waals surface area contributed by atoms with E-state index in [1.54, 1.807) is 0 Å². The van der Waals surface area contributed by atoms with Gasteiger partial charge in [0.15, 0.2) is 37.5 Å². The van der Waals surface area contributed by atoms with Gasteiger partial charge in [0.25, 0.3) is 0 Å². The van der Waals surface area contributed by atoms with Crippen LogP contribution in [0.3, 0.4) is 0 Å². The highest BCUT2D eigenvalue weighted by Gasteiger charge is 2.65. The number of aromatic nitrogens is 2. The maximum Gasteiger partial charge on any atom is 0.417 e. The lowest BCUT2D eigenvalue weighted by molar-refractivity contribution is -0.275. The Balaban J connectivity index is 1.99. The van der Waals surface area contributed by atoms with E-state index in [-0.39, 0.29) is 22.2 Å². The number of H-pyrrole nitrogens is 1. The molecule has 2 aromatic heterocycles. The maximum atomic E-state index is 14.5. The predicted molar refractivity (Wildman–Crippen MR) is 119 cm³/mol. The van der Waals surface area contributed by atoms with Gasteiger partial charge in [-0.15, -0.1) is 0 Å². The Morgan fingerprint density at radius 2 is 1.86 bits per heavy atom. The summed E-state index contributed by atoms with van der Waals surface area (Å²) < 4.78 is 106. The number of benzene rings is 1. The first-order valence-corrected chi connectivity index (χ1v) is 12.5. The van der Waals surface area contributed by atoms with Gasteiger partial charge in [-0.1, -0.05) is 13.0 Å². The van der Waals surface area contributed by atoms with Crippen molar-refractivity contribution in [1.29, 1.82) is 0 Å². The quantitative estimate of drug-likeness (QED) is 0.500. The molecule has 1 aliphatic rings. The van der Waals surface area contributed by atoms with E-state index >= 15 is 0 Å². The zero-order valence-corrected chi connectivity index (χ0v) is 20.2. The summed E-state index contributed by atoms with van der Waals surface area (Å²) in [5, 5.41) is -0.761. The van der Waals surface area contributed by atoms with Crippen LogP contribution in [0.2, 0.25) is 0 Å².